The zero-order chi connectivity index (χ0) is 23.3. The summed E-state index contributed by atoms with van der Waals surface area (Å²) in [6.07, 6.45) is 5.40. The lowest BCUT2D eigenvalue weighted by Crippen LogP contribution is -2.68. The summed E-state index contributed by atoms with van der Waals surface area (Å²) < 4.78 is 17.7. The monoisotopic (exact) mass is 446 g/mol. The molecule has 0 unspecified atom stereocenters. The molecule has 0 N–H and O–H groups in total. The summed E-state index contributed by atoms with van der Waals surface area (Å²) in [7, 11) is 0. The molecular weight excluding hydrogens is 408 g/mol. The molecule has 6 nitrogen and oxygen atoms in total. The van der Waals surface area contributed by atoms with Crippen LogP contribution in [-0.4, -0.2) is 36.7 Å². The third-order valence-electron chi connectivity index (χ3n) is 10.9. The zero-order valence-electron chi connectivity index (χ0n) is 20.4. The fourth-order valence-electron chi connectivity index (χ4n) is 9.69. The maximum Gasteiger partial charge on any atom is 0.302 e. The third-order valence-corrected chi connectivity index (χ3v) is 10.9. The molecule has 0 aromatic rings. The van der Waals surface area contributed by atoms with Crippen LogP contribution in [0.15, 0.2) is 0 Å². The molecule has 32 heavy (non-hydrogen) atoms. The molecule has 0 saturated heterocycles. The molecule has 1 spiro atoms. The van der Waals surface area contributed by atoms with Crippen LogP contribution in [0.2, 0.25) is 0 Å². The van der Waals surface area contributed by atoms with Crippen molar-refractivity contribution < 1.29 is 28.6 Å². The molecule has 6 fully saturated rings. The van der Waals surface area contributed by atoms with Crippen molar-refractivity contribution in [1.29, 1.82) is 0 Å². The molecule has 0 aromatic carbocycles. The van der Waals surface area contributed by atoms with Crippen molar-refractivity contribution in [3.63, 3.8) is 0 Å². The molecule has 0 amide bonds. The molecule has 10 atom stereocenters. The molecule has 6 aliphatic rings. The lowest BCUT2D eigenvalue weighted by atomic mass is 9.38. The lowest BCUT2D eigenvalue weighted by Gasteiger charge is -2.68. The second kappa shape index (κ2) is 6.73. The summed E-state index contributed by atoms with van der Waals surface area (Å²) in [5.74, 6) is 1.21. The van der Waals surface area contributed by atoms with E-state index in [1.54, 1.807) is 0 Å². The normalized spacial score (nSPS) is 52.3. The Labute approximate surface area is 191 Å². The fourth-order valence-corrected chi connectivity index (χ4v) is 9.69. The van der Waals surface area contributed by atoms with Crippen molar-refractivity contribution in [3.8, 4) is 0 Å². The maximum atomic E-state index is 12.2. The predicted molar refractivity (Wildman–Crippen MR) is 116 cm³/mol. The van der Waals surface area contributed by atoms with E-state index in [1.807, 2.05) is 0 Å². The van der Waals surface area contributed by atoms with Crippen LogP contribution in [0.1, 0.15) is 80.1 Å². The van der Waals surface area contributed by atoms with Gasteiger partial charge in [-0.1, -0.05) is 20.8 Å². The Hall–Kier alpha value is -1.59. The summed E-state index contributed by atoms with van der Waals surface area (Å²) in [6.45, 7) is 11.8. The second-order valence-electron chi connectivity index (χ2n) is 12.4. The molecule has 6 aliphatic carbocycles. The maximum absolute atomic E-state index is 12.2. The Morgan fingerprint density at radius 2 is 1.50 bits per heavy atom. The van der Waals surface area contributed by atoms with Crippen LogP contribution in [-0.2, 0) is 28.6 Å². The Morgan fingerprint density at radius 3 is 2.06 bits per heavy atom. The van der Waals surface area contributed by atoms with Gasteiger partial charge in [-0.15, -0.1) is 0 Å². The number of hydrogen-bond donors (Lipinski definition) is 0. The number of esters is 3. The van der Waals surface area contributed by atoms with Gasteiger partial charge in [0.05, 0.1) is 6.61 Å². The number of rotatable bonds is 4. The Bertz CT molecular complexity index is 868. The van der Waals surface area contributed by atoms with Gasteiger partial charge in [0, 0.05) is 37.0 Å². The van der Waals surface area contributed by atoms with Gasteiger partial charge in [0.1, 0.15) is 12.2 Å². The minimum absolute atomic E-state index is 0.0385. The molecule has 0 heterocycles. The average Bonchev–Trinajstić information content (AvgIpc) is 3.14. The molecule has 178 valence electrons. The van der Waals surface area contributed by atoms with Gasteiger partial charge in [-0.25, -0.2) is 0 Å². The van der Waals surface area contributed by atoms with Crippen LogP contribution < -0.4 is 0 Å². The van der Waals surface area contributed by atoms with E-state index >= 15 is 0 Å². The molecule has 6 heteroatoms. The van der Waals surface area contributed by atoms with E-state index in [0.717, 1.165) is 50.4 Å². The van der Waals surface area contributed by atoms with Gasteiger partial charge in [0.2, 0.25) is 0 Å². The average molecular weight is 447 g/mol. The number of carbonyl (C=O) groups is 3. The molecule has 0 aromatic heterocycles. The van der Waals surface area contributed by atoms with E-state index in [-0.39, 0.29) is 52.3 Å². The SMILES string of the molecule is CC(=O)OC[C@@]1(C)CC[C@H](OC(C)=O)[C@]2(C)[C@@H]1C[C@H](OC(C)=O)[C@@]13C[C@@H]4[C@@H](C[C@H]12)[C@]4(C)C3. The van der Waals surface area contributed by atoms with Gasteiger partial charge in [-0.05, 0) is 67.6 Å². The summed E-state index contributed by atoms with van der Waals surface area (Å²) in [6, 6.07) is 0. The summed E-state index contributed by atoms with van der Waals surface area (Å²) in [4.78, 5) is 36.0. The van der Waals surface area contributed by atoms with E-state index in [9.17, 15) is 14.4 Å². The predicted octanol–water partition coefficient (Wildman–Crippen LogP) is 4.29. The van der Waals surface area contributed by atoms with Crippen molar-refractivity contribution >= 4 is 17.9 Å². The third kappa shape index (κ3) is 2.79. The van der Waals surface area contributed by atoms with Gasteiger partial charge < -0.3 is 14.2 Å². The Balaban J connectivity index is 1.59. The first-order valence-electron chi connectivity index (χ1n) is 12.3. The van der Waals surface area contributed by atoms with Crippen molar-refractivity contribution in [2.24, 2.45) is 45.3 Å². The number of fused-ring (bicyclic) bond motifs is 1. The fraction of sp³-hybridized carbons (Fsp3) is 0.885. The van der Waals surface area contributed by atoms with Crippen molar-refractivity contribution in [2.75, 3.05) is 6.61 Å². The van der Waals surface area contributed by atoms with Crippen molar-refractivity contribution in [3.05, 3.63) is 0 Å². The van der Waals surface area contributed by atoms with E-state index in [4.69, 9.17) is 14.2 Å². The van der Waals surface area contributed by atoms with Crippen molar-refractivity contribution in [2.45, 2.75) is 92.3 Å². The van der Waals surface area contributed by atoms with E-state index in [1.165, 1.54) is 20.8 Å². The van der Waals surface area contributed by atoms with Gasteiger partial charge >= 0.3 is 17.9 Å². The first-order valence-corrected chi connectivity index (χ1v) is 12.3. The Morgan fingerprint density at radius 1 is 0.844 bits per heavy atom. The minimum Gasteiger partial charge on any atom is -0.465 e. The topological polar surface area (TPSA) is 78.9 Å². The summed E-state index contributed by atoms with van der Waals surface area (Å²) >= 11 is 0. The number of hydrogen-bond acceptors (Lipinski definition) is 6. The second-order valence-corrected chi connectivity index (χ2v) is 12.4. The van der Waals surface area contributed by atoms with Crippen LogP contribution in [0.4, 0.5) is 0 Å². The van der Waals surface area contributed by atoms with E-state index in [0.29, 0.717) is 17.9 Å². The minimum atomic E-state index is -0.271. The van der Waals surface area contributed by atoms with Crippen molar-refractivity contribution in [1.82, 2.24) is 0 Å². The first kappa shape index (κ1) is 22.2. The molecule has 4 bridgehead atoms. The van der Waals surface area contributed by atoms with Crippen LogP contribution >= 0.6 is 0 Å². The first-order chi connectivity index (χ1) is 14.9. The highest BCUT2D eigenvalue weighted by molar-refractivity contribution is 5.67. The highest BCUT2D eigenvalue weighted by atomic mass is 16.6. The standard InChI is InChI=1S/C26H38O6/c1-14(27)30-13-23(4)8-7-21(31-15(2)28)25(6)19(23)10-22(32-16(3)29)26-11-18-17(9-20(25)26)24(18,5)12-26/h17-22H,7-13H2,1-6H3/t17-,18-,19-,20+,21+,22+,23-,24+,25-,26-/m1/s1. The zero-order valence-corrected chi connectivity index (χ0v) is 20.4. The van der Waals surface area contributed by atoms with Gasteiger partial charge in [0.15, 0.2) is 0 Å². The Kier molecular flexibility index (Phi) is 4.67. The smallest absolute Gasteiger partial charge is 0.302 e. The highest BCUT2D eigenvalue weighted by Crippen LogP contribution is 2.86. The van der Waals surface area contributed by atoms with Gasteiger partial charge in [-0.2, -0.15) is 0 Å². The number of carbonyl (C=O) groups excluding carboxylic acids is 3. The number of ether oxygens (including phenoxy) is 3. The van der Waals surface area contributed by atoms with Crippen LogP contribution in [0.3, 0.4) is 0 Å². The van der Waals surface area contributed by atoms with Crippen LogP contribution in [0, 0.1) is 45.3 Å². The van der Waals surface area contributed by atoms with Crippen LogP contribution in [0.5, 0.6) is 0 Å². The highest BCUT2D eigenvalue weighted by Gasteiger charge is 2.82. The molecule has 6 rings (SSSR count). The lowest BCUT2D eigenvalue weighted by molar-refractivity contribution is -0.261. The van der Waals surface area contributed by atoms with Crippen LogP contribution in [0.25, 0.3) is 0 Å². The summed E-state index contributed by atoms with van der Waals surface area (Å²) in [5.41, 5.74) is -0.136. The summed E-state index contributed by atoms with van der Waals surface area (Å²) in [5, 5.41) is 0. The molecule has 0 aliphatic heterocycles. The van der Waals surface area contributed by atoms with Gasteiger partial charge in [-0.3, -0.25) is 14.4 Å². The molecule has 0 radical (unpaired) electrons. The van der Waals surface area contributed by atoms with E-state index in [2.05, 4.69) is 20.8 Å². The molecular formula is C26H38O6. The molecule has 6 saturated carbocycles. The van der Waals surface area contributed by atoms with Gasteiger partial charge in [0.25, 0.3) is 0 Å². The largest absolute Gasteiger partial charge is 0.465 e. The quantitative estimate of drug-likeness (QED) is 0.473. The van der Waals surface area contributed by atoms with E-state index < -0.39 is 0 Å².